The first kappa shape index (κ1) is 14.3. The van der Waals surface area contributed by atoms with Gasteiger partial charge >= 0.3 is 5.69 Å². The van der Waals surface area contributed by atoms with Crippen LogP contribution in [0.25, 0.3) is 0 Å². The molecule has 0 atom stereocenters. The minimum atomic E-state index is -0.516. The fourth-order valence-corrected chi connectivity index (χ4v) is 1.99. The van der Waals surface area contributed by atoms with E-state index in [-0.39, 0.29) is 28.8 Å². The minimum Gasteiger partial charge on any atom is -0.448 e. The Morgan fingerprint density at radius 2 is 2.10 bits per heavy atom. The highest BCUT2D eigenvalue weighted by atomic mass is 35.5. The summed E-state index contributed by atoms with van der Waals surface area (Å²) in [6.45, 7) is 1.49. The first-order chi connectivity index (χ1) is 9.52. The molecule has 0 radical (unpaired) electrons. The number of benzene rings is 2. The summed E-state index contributed by atoms with van der Waals surface area (Å²) in [7, 11) is 0. The molecule has 0 saturated carbocycles. The number of nitro groups is 1. The molecule has 0 bridgehead atoms. The summed E-state index contributed by atoms with van der Waals surface area (Å²) in [5.41, 5.74) is 1.08. The van der Waals surface area contributed by atoms with Crippen LogP contribution in [-0.4, -0.2) is 10.0 Å². The Morgan fingerprint density at radius 1 is 1.35 bits per heavy atom. The molecule has 0 aliphatic heterocycles. The molecule has 104 valence electrons. The number of hydrogen-bond acceptors (Lipinski definition) is 4. The van der Waals surface area contributed by atoms with E-state index in [1.54, 1.807) is 31.2 Å². The number of para-hydroxylation sites is 1. The van der Waals surface area contributed by atoms with Gasteiger partial charge in [0.1, 0.15) is 0 Å². The fraction of sp³-hybridized carbons (Fsp3) is 0.143. The lowest BCUT2D eigenvalue weighted by atomic mass is 10.2. The number of nitro benzene ring substituents is 1. The average Bonchev–Trinajstić information content (AvgIpc) is 2.42. The van der Waals surface area contributed by atoms with Crippen molar-refractivity contribution in [2.45, 2.75) is 13.5 Å². The highest BCUT2D eigenvalue weighted by Gasteiger charge is 2.18. The molecule has 0 fully saturated rings. The van der Waals surface area contributed by atoms with Crippen LogP contribution >= 0.6 is 11.6 Å². The van der Waals surface area contributed by atoms with Gasteiger partial charge in [-0.1, -0.05) is 29.8 Å². The van der Waals surface area contributed by atoms with Crippen LogP contribution in [0.2, 0.25) is 5.02 Å². The number of ether oxygens (including phenoxy) is 1. The molecule has 0 spiro atoms. The summed E-state index contributed by atoms with van der Waals surface area (Å²) < 4.78 is 5.54. The van der Waals surface area contributed by atoms with Crippen molar-refractivity contribution >= 4 is 17.3 Å². The Kier molecular flexibility index (Phi) is 4.22. The van der Waals surface area contributed by atoms with E-state index in [2.05, 4.69) is 0 Å². The first-order valence-electron chi connectivity index (χ1n) is 5.84. The predicted octanol–water partition coefficient (Wildman–Crippen LogP) is 3.84. The standard InChI is InChI=1S/C14H12ClNO4/c1-9-5-6-13(12(7-9)16(18)19)20-14-10(8-17)3-2-4-11(14)15/h2-7,17H,8H2,1H3. The van der Waals surface area contributed by atoms with Crippen molar-refractivity contribution in [3.63, 3.8) is 0 Å². The zero-order valence-corrected chi connectivity index (χ0v) is 11.4. The van der Waals surface area contributed by atoms with E-state index in [0.29, 0.717) is 5.56 Å². The summed E-state index contributed by atoms with van der Waals surface area (Å²) in [4.78, 5) is 10.5. The summed E-state index contributed by atoms with van der Waals surface area (Å²) in [5, 5.41) is 20.6. The van der Waals surface area contributed by atoms with Gasteiger partial charge in [-0.2, -0.15) is 0 Å². The lowest BCUT2D eigenvalue weighted by Gasteiger charge is -2.11. The van der Waals surface area contributed by atoms with E-state index in [1.165, 1.54) is 12.1 Å². The maximum Gasteiger partial charge on any atom is 0.311 e. The van der Waals surface area contributed by atoms with E-state index >= 15 is 0 Å². The van der Waals surface area contributed by atoms with Gasteiger partial charge in [0.15, 0.2) is 5.75 Å². The molecule has 0 aliphatic rings. The highest BCUT2D eigenvalue weighted by molar-refractivity contribution is 6.32. The Bertz CT molecular complexity index is 658. The fourth-order valence-electron chi connectivity index (χ4n) is 1.76. The van der Waals surface area contributed by atoms with Gasteiger partial charge in [-0.05, 0) is 24.6 Å². The minimum absolute atomic E-state index is 0.0865. The van der Waals surface area contributed by atoms with Gasteiger partial charge in [-0.25, -0.2) is 0 Å². The maximum atomic E-state index is 11.0. The third kappa shape index (κ3) is 2.89. The molecule has 0 heterocycles. The zero-order chi connectivity index (χ0) is 14.7. The molecule has 0 unspecified atom stereocenters. The summed E-state index contributed by atoms with van der Waals surface area (Å²) in [6, 6.07) is 9.54. The van der Waals surface area contributed by atoms with Crippen molar-refractivity contribution in [1.29, 1.82) is 0 Å². The number of aliphatic hydroxyl groups excluding tert-OH is 1. The zero-order valence-electron chi connectivity index (χ0n) is 10.7. The van der Waals surface area contributed by atoms with Gasteiger partial charge in [0.25, 0.3) is 0 Å². The SMILES string of the molecule is Cc1ccc(Oc2c(Cl)cccc2CO)c([N+](=O)[O-])c1. The smallest absolute Gasteiger partial charge is 0.311 e. The third-order valence-electron chi connectivity index (χ3n) is 2.74. The number of aliphatic hydroxyl groups is 1. The molecule has 20 heavy (non-hydrogen) atoms. The van der Waals surface area contributed by atoms with Gasteiger partial charge in [0.2, 0.25) is 5.75 Å². The molecule has 6 heteroatoms. The lowest BCUT2D eigenvalue weighted by molar-refractivity contribution is -0.385. The van der Waals surface area contributed by atoms with Crippen molar-refractivity contribution in [3.8, 4) is 11.5 Å². The topological polar surface area (TPSA) is 72.6 Å². The monoisotopic (exact) mass is 293 g/mol. The van der Waals surface area contributed by atoms with Gasteiger partial charge < -0.3 is 9.84 Å². The molecule has 5 nitrogen and oxygen atoms in total. The van der Waals surface area contributed by atoms with Gasteiger partial charge in [0, 0.05) is 11.6 Å². The summed E-state index contributed by atoms with van der Waals surface area (Å²) in [5.74, 6) is 0.312. The van der Waals surface area contributed by atoms with Crippen molar-refractivity contribution in [2.75, 3.05) is 0 Å². The lowest BCUT2D eigenvalue weighted by Crippen LogP contribution is -1.97. The second-order valence-corrected chi connectivity index (χ2v) is 4.62. The van der Waals surface area contributed by atoms with Crippen molar-refractivity contribution in [2.24, 2.45) is 0 Å². The molecule has 0 aliphatic carbocycles. The van der Waals surface area contributed by atoms with Crippen LogP contribution in [-0.2, 0) is 6.61 Å². The van der Waals surface area contributed by atoms with Crippen LogP contribution in [0.3, 0.4) is 0 Å². The predicted molar refractivity (Wildman–Crippen MR) is 75.3 cm³/mol. The van der Waals surface area contributed by atoms with Crippen LogP contribution in [0.1, 0.15) is 11.1 Å². The molecule has 0 aromatic heterocycles. The average molecular weight is 294 g/mol. The molecule has 2 aromatic rings. The normalized spacial score (nSPS) is 10.3. The van der Waals surface area contributed by atoms with Crippen LogP contribution in [0.5, 0.6) is 11.5 Å². The van der Waals surface area contributed by atoms with Crippen LogP contribution in [0.15, 0.2) is 36.4 Å². The van der Waals surface area contributed by atoms with Gasteiger partial charge in [-0.3, -0.25) is 10.1 Å². The van der Waals surface area contributed by atoms with Crippen LogP contribution in [0.4, 0.5) is 5.69 Å². The Hall–Kier alpha value is -2.11. The van der Waals surface area contributed by atoms with E-state index < -0.39 is 4.92 Å². The number of rotatable bonds is 4. The molecule has 1 N–H and O–H groups in total. The molecular weight excluding hydrogens is 282 g/mol. The van der Waals surface area contributed by atoms with Crippen molar-refractivity contribution in [1.82, 2.24) is 0 Å². The maximum absolute atomic E-state index is 11.0. The van der Waals surface area contributed by atoms with E-state index in [4.69, 9.17) is 16.3 Å². The third-order valence-corrected chi connectivity index (χ3v) is 3.04. The van der Waals surface area contributed by atoms with E-state index in [0.717, 1.165) is 5.56 Å². The number of hydrogen-bond donors (Lipinski definition) is 1. The second kappa shape index (κ2) is 5.90. The Morgan fingerprint density at radius 3 is 2.75 bits per heavy atom. The van der Waals surface area contributed by atoms with Crippen molar-refractivity contribution < 1.29 is 14.8 Å². The Balaban J connectivity index is 2.48. The number of halogens is 1. The first-order valence-corrected chi connectivity index (χ1v) is 6.22. The van der Waals surface area contributed by atoms with Gasteiger partial charge in [-0.15, -0.1) is 0 Å². The molecule has 0 saturated heterocycles. The quantitative estimate of drug-likeness (QED) is 0.686. The molecule has 0 amide bonds. The van der Waals surface area contributed by atoms with E-state index in [1.807, 2.05) is 0 Å². The van der Waals surface area contributed by atoms with E-state index in [9.17, 15) is 15.2 Å². The molecular formula is C14H12ClNO4. The summed E-state index contributed by atoms with van der Waals surface area (Å²) in [6.07, 6.45) is 0. The van der Waals surface area contributed by atoms with Gasteiger partial charge in [0.05, 0.1) is 16.6 Å². The highest BCUT2D eigenvalue weighted by Crippen LogP contribution is 2.37. The molecule has 2 rings (SSSR count). The number of aryl methyl sites for hydroxylation is 1. The second-order valence-electron chi connectivity index (χ2n) is 4.22. The van der Waals surface area contributed by atoms with Crippen molar-refractivity contribution in [3.05, 3.63) is 62.7 Å². The molecule has 2 aromatic carbocycles. The van der Waals surface area contributed by atoms with Crippen LogP contribution < -0.4 is 4.74 Å². The summed E-state index contributed by atoms with van der Waals surface area (Å²) >= 11 is 6.02. The number of nitrogens with zero attached hydrogens (tertiary/aromatic N) is 1. The Labute approximate surface area is 120 Å². The largest absolute Gasteiger partial charge is 0.448 e. The van der Waals surface area contributed by atoms with Crippen LogP contribution in [0, 0.1) is 17.0 Å².